The molecule has 0 aliphatic carbocycles. The Labute approximate surface area is 81.6 Å². The van der Waals surface area contributed by atoms with Crippen molar-refractivity contribution < 1.29 is 4.79 Å². The number of rotatable bonds is 3. The Morgan fingerprint density at radius 3 is 2.85 bits per heavy atom. The Balaban J connectivity index is 3.68. The number of nitriles is 1. The van der Waals surface area contributed by atoms with Gasteiger partial charge in [0.15, 0.2) is 11.4 Å². The van der Waals surface area contributed by atoms with Crippen molar-refractivity contribution in [1.29, 1.82) is 5.26 Å². The number of carbonyl (C=O) groups excluding carboxylic acids is 1. The van der Waals surface area contributed by atoms with Gasteiger partial charge in [0.1, 0.15) is 0 Å². The van der Waals surface area contributed by atoms with Gasteiger partial charge in [0.05, 0.1) is 6.54 Å². The minimum absolute atomic E-state index is 0.0749. The number of amidine groups is 1. The number of thioether (sulfide) groups is 1. The molecule has 6 heteroatoms. The quantitative estimate of drug-likeness (QED) is 0.219. The lowest BCUT2D eigenvalue weighted by Crippen LogP contribution is -2.24. The van der Waals surface area contributed by atoms with Crippen molar-refractivity contribution in [1.82, 2.24) is 10.6 Å². The van der Waals surface area contributed by atoms with Crippen molar-refractivity contribution >= 4 is 22.8 Å². The third kappa shape index (κ3) is 7.15. The second-order valence-corrected chi connectivity index (χ2v) is 2.91. The van der Waals surface area contributed by atoms with Gasteiger partial charge in [0, 0.05) is 13.5 Å². The molecule has 5 nitrogen and oxygen atoms in total. The first-order valence-electron chi connectivity index (χ1n) is 3.68. The minimum Gasteiger partial charge on any atom is -0.354 e. The summed E-state index contributed by atoms with van der Waals surface area (Å²) in [4.78, 5) is 14.5. The summed E-state index contributed by atoms with van der Waals surface area (Å²) in [5.74, 6) is -0.0749. The van der Waals surface area contributed by atoms with Gasteiger partial charge in [0.2, 0.25) is 5.91 Å². The molecular formula is C7H12N4OS. The number of nitrogens with zero attached hydrogens (tertiary/aromatic N) is 2. The zero-order valence-electron chi connectivity index (χ0n) is 7.63. The van der Waals surface area contributed by atoms with Gasteiger partial charge < -0.3 is 5.32 Å². The maximum absolute atomic E-state index is 10.5. The first kappa shape index (κ1) is 11.8. The highest BCUT2D eigenvalue weighted by Crippen LogP contribution is 1.93. The molecule has 0 aromatic heterocycles. The first-order chi connectivity index (χ1) is 6.20. The SMILES string of the molecule is CSC(=NCCNC(C)=O)NC#N. The lowest BCUT2D eigenvalue weighted by molar-refractivity contribution is -0.118. The van der Waals surface area contributed by atoms with Crippen LogP contribution >= 0.6 is 11.8 Å². The molecule has 0 unspecified atom stereocenters. The molecule has 0 rings (SSSR count). The number of aliphatic imine (C=N–C) groups is 1. The van der Waals surface area contributed by atoms with Gasteiger partial charge in [0.25, 0.3) is 0 Å². The topological polar surface area (TPSA) is 77.3 Å². The Bertz CT molecular complexity index is 233. The fourth-order valence-corrected chi connectivity index (χ4v) is 0.960. The molecule has 0 aliphatic heterocycles. The van der Waals surface area contributed by atoms with Gasteiger partial charge in [-0.05, 0) is 6.26 Å². The van der Waals surface area contributed by atoms with Crippen molar-refractivity contribution in [2.24, 2.45) is 4.99 Å². The van der Waals surface area contributed by atoms with Crippen LogP contribution in [0.3, 0.4) is 0 Å². The molecule has 72 valence electrons. The Morgan fingerprint density at radius 1 is 1.69 bits per heavy atom. The highest BCUT2D eigenvalue weighted by molar-refractivity contribution is 8.13. The van der Waals surface area contributed by atoms with Crippen molar-refractivity contribution in [3.8, 4) is 6.19 Å². The van der Waals surface area contributed by atoms with Gasteiger partial charge in [-0.3, -0.25) is 15.1 Å². The monoisotopic (exact) mass is 200 g/mol. The first-order valence-corrected chi connectivity index (χ1v) is 4.91. The van der Waals surface area contributed by atoms with Crippen molar-refractivity contribution in [3.63, 3.8) is 0 Å². The summed E-state index contributed by atoms with van der Waals surface area (Å²) in [5.41, 5.74) is 0. The van der Waals surface area contributed by atoms with E-state index in [0.29, 0.717) is 18.3 Å². The maximum atomic E-state index is 10.5. The van der Waals surface area contributed by atoms with Crippen LogP contribution in [0.15, 0.2) is 4.99 Å². The molecule has 1 amide bonds. The van der Waals surface area contributed by atoms with Crippen molar-refractivity contribution in [3.05, 3.63) is 0 Å². The predicted octanol–water partition coefficient (Wildman–Crippen LogP) is -0.0878. The van der Waals surface area contributed by atoms with E-state index in [1.54, 1.807) is 6.19 Å². The van der Waals surface area contributed by atoms with Crippen LogP contribution in [0.1, 0.15) is 6.92 Å². The molecule has 0 aromatic carbocycles. The summed E-state index contributed by atoms with van der Waals surface area (Å²) in [6.07, 6.45) is 3.60. The van der Waals surface area contributed by atoms with Gasteiger partial charge in [-0.2, -0.15) is 5.26 Å². The van der Waals surface area contributed by atoms with Crippen molar-refractivity contribution in [2.75, 3.05) is 19.3 Å². The summed E-state index contributed by atoms with van der Waals surface area (Å²) in [6.45, 7) is 2.42. The molecule has 13 heavy (non-hydrogen) atoms. The van der Waals surface area contributed by atoms with Crippen LogP contribution in [0.25, 0.3) is 0 Å². The van der Waals surface area contributed by atoms with Crippen LogP contribution in [-0.4, -0.2) is 30.4 Å². The molecule has 2 N–H and O–H groups in total. The van der Waals surface area contributed by atoms with E-state index in [0.717, 1.165) is 0 Å². The van der Waals surface area contributed by atoms with Gasteiger partial charge in [-0.15, -0.1) is 0 Å². The van der Waals surface area contributed by atoms with Gasteiger partial charge >= 0.3 is 0 Å². The number of amides is 1. The maximum Gasteiger partial charge on any atom is 0.216 e. The van der Waals surface area contributed by atoms with Crippen LogP contribution in [0, 0.1) is 11.5 Å². The molecule has 0 aromatic rings. The van der Waals surface area contributed by atoms with Crippen molar-refractivity contribution in [2.45, 2.75) is 6.92 Å². The lowest BCUT2D eigenvalue weighted by Gasteiger charge is -2.00. The lowest BCUT2D eigenvalue weighted by atomic mass is 10.6. The molecule has 0 fully saturated rings. The summed E-state index contributed by atoms with van der Waals surface area (Å²) in [7, 11) is 0. The summed E-state index contributed by atoms with van der Waals surface area (Å²) in [6, 6.07) is 0. The van der Waals surface area contributed by atoms with E-state index in [1.165, 1.54) is 18.7 Å². The zero-order valence-corrected chi connectivity index (χ0v) is 8.44. The molecule has 0 heterocycles. The molecule has 0 aliphatic rings. The third-order valence-corrected chi connectivity index (χ3v) is 1.72. The highest BCUT2D eigenvalue weighted by Gasteiger charge is 1.93. The van der Waals surface area contributed by atoms with E-state index in [-0.39, 0.29) is 5.91 Å². The average Bonchev–Trinajstić information content (AvgIpc) is 2.10. The smallest absolute Gasteiger partial charge is 0.216 e. The third-order valence-electron chi connectivity index (χ3n) is 1.10. The largest absolute Gasteiger partial charge is 0.354 e. The zero-order chi connectivity index (χ0) is 10.1. The molecule has 0 radical (unpaired) electrons. The van der Waals surface area contributed by atoms with E-state index in [4.69, 9.17) is 5.26 Å². The number of carbonyl (C=O) groups is 1. The highest BCUT2D eigenvalue weighted by atomic mass is 32.2. The van der Waals surface area contributed by atoms with Crippen LogP contribution in [0.5, 0.6) is 0 Å². The van der Waals surface area contributed by atoms with Crippen LogP contribution in [-0.2, 0) is 4.79 Å². The van der Waals surface area contributed by atoms with E-state index >= 15 is 0 Å². The fraction of sp³-hybridized carbons (Fsp3) is 0.571. The fourth-order valence-electron chi connectivity index (χ4n) is 0.592. The van der Waals surface area contributed by atoms with E-state index in [2.05, 4.69) is 15.6 Å². The predicted molar refractivity (Wildman–Crippen MR) is 53.2 cm³/mol. The Morgan fingerprint density at radius 2 is 2.38 bits per heavy atom. The second kappa shape index (κ2) is 7.43. The average molecular weight is 200 g/mol. The Hall–Kier alpha value is -1.22. The van der Waals surface area contributed by atoms with Crippen LogP contribution in [0.4, 0.5) is 0 Å². The molecule has 0 spiro atoms. The molecule has 0 saturated heterocycles. The van der Waals surface area contributed by atoms with E-state index < -0.39 is 0 Å². The van der Waals surface area contributed by atoms with Crippen LogP contribution in [0.2, 0.25) is 0 Å². The molecule has 0 bridgehead atoms. The summed E-state index contributed by atoms with van der Waals surface area (Å²) < 4.78 is 0. The molecule has 0 saturated carbocycles. The standard InChI is InChI=1S/C7H12N4OS/c1-6(12)9-3-4-10-7(13-2)11-5-8/h3-4H2,1-2H3,(H,9,12)(H,10,11). The molecule has 0 atom stereocenters. The number of hydrogen-bond acceptors (Lipinski definition) is 4. The van der Waals surface area contributed by atoms with Crippen LogP contribution < -0.4 is 10.6 Å². The normalized spacial score (nSPS) is 10.4. The Kier molecular flexibility index (Phi) is 6.73. The number of nitrogens with one attached hydrogen (secondary N) is 2. The molecular weight excluding hydrogens is 188 g/mol. The minimum atomic E-state index is -0.0749. The summed E-state index contributed by atoms with van der Waals surface area (Å²) in [5, 5.41) is 13.9. The second-order valence-electron chi connectivity index (χ2n) is 2.11. The van der Waals surface area contributed by atoms with Gasteiger partial charge in [-0.25, -0.2) is 0 Å². The van der Waals surface area contributed by atoms with E-state index in [9.17, 15) is 4.79 Å². The number of hydrogen-bond donors (Lipinski definition) is 2. The van der Waals surface area contributed by atoms with E-state index in [1.807, 2.05) is 6.26 Å². The summed E-state index contributed by atoms with van der Waals surface area (Å²) >= 11 is 1.36. The van der Waals surface area contributed by atoms with Gasteiger partial charge in [-0.1, -0.05) is 11.8 Å².